The Balaban J connectivity index is 1.94. The van der Waals surface area contributed by atoms with E-state index in [9.17, 15) is 9.90 Å². The smallest absolute Gasteiger partial charge is 0.303 e. The Kier molecular flexibility index (Phi) is 5.05. The van der Waals surface area contributed by atoms with Crippen molar-refractivity contribution in [3.63, 3.8) is 0 Å². The Labute approximate surface area is 90.7 Å². The second-order valence-electron chi connectivity index (χ2n) is 4.46. The molecule has 0 aromatic heterocycles. The van der Waals surface area contributed by atoms with Crippen LogP contribution in [0.4, 0.5) is 0 Å². The SMILES string of the molecule is O=C(O)CCCCNCC1(O)CCCC1. The lowest BCUT2D eigenvalue weighted by Gasteiger charge is -2.22. The van der Waals surface area contributed by atoms with Crippen molar-refractivity contribution in [1.29, 1.82) is 0 Å². The molecule has 0 atom stereocenters. The minimum Gasteiger partial charge on any atom is -0.481 e. The van der Waals surface area contributed by atoms with Crippen molar-refractivity contribution >= 4 is 5.97 Å². The van der Waals surface area contributed by atoms with E-state index < -0.39 is 11.6 Å². The molecule has 0 amide bonds. The predicted molar refractivity (Wildman–Crippen MR) is 57.8 cm³/mol. The molecule has 0 spiro atoms. The van der Waals surface area contributed by atoms with Crippen molar-refractivity contribution in [2.45, 2.75) is 50.5 Å². The largest absolute Gasteiger partial charge is 0.481 e. The van der Waals surface area contributed by atoms with Gasteiger partial charge in [-0.2, -0.15) is 0 Å². The number of carboxylic acid groups (broad SMARTS) is 1. The highest BCUT2D eigenvalue weighted by molar-refractivity contribution is 5.66. The number of aliphatic hydroxyl groups is 1. The summed E-state index contributed by atoms with van der Waals surface area (Å²) in [7, 11) is 0. The summed E-state index contributed by atoms with van der Waals surface area (Å²) in [6.45, 7) is 1.45. The number of nitrogens with one attached hydrogen (secondary N) is 1. The van der Waals surface area contributed by atoms with E-state index in [2.05, 4.69) is 5.32 Å². The zero-order chi connectivity index (χ0) is 11.1. The molecule has 1 fully saturated rings. The topological polar surface area (TPSA) is 69.6 Å². The van der Waals surface area contributed by atoms with E-state index in [-0.39, 0.29) is 6.42 Å². The molecule has 1 aliphatic rings. The van der Waals surface area contributed by atoms with Crippen molar-refractivity contribution in [1.82, 2.24) is 5.32 Å². The third kappa shape index (κ3) is 5.14. The molecule has 88 valence electrons. The van der Waals surface area contributed by atoms with Gasteiger partial charge in [0.2, 0.25) is 0 Å². The molecule has 0 aromatic rings. The standard InChI is InChI=1S/C11H21NO3/c13-10(14)5-1-4-8-12-9-11(15)6-2-3-7-11/h12,15H,1-9H2,(H,13,14). The van der Waals surface area contributed by atoms with Gasteiger partial charge in [-0.3, -0.25) is 4.79 Å². The van der Waals surface area contributed by atoms with Crippen LogP contribution in [-0.4, -0.2) is 34.9 Å². The normalized spacial score (nSPS) is 19.3. The number of aliphatic carboxylic acids is 1. The van der Waals surface area contributed by atoms with E-state index in [0.29, 0.717) is 13.0 Å². The summed E-state index contributed by atoms with van der Waals surface area (Å²) >= 11 is 0. The van der Waals surface area contributed by atoms with Crippen LogP contribution in [0.1, 0.15) is 44.9 Å². The van der Waals surface area contributed by atoms with Gasteiger partial charge in [-0.05, 0) is 32.2 Å². The van der Waals surface area contributed by atoms with Crippen molar-refractivity contribution in [3.05, 3.63) is 0 Å². The van der Waals surface area contributed by atoms with Crippen LogP contribution in [-0.2, 0) is 4.79 Å². The summed E-state index contributed by atoms with van der Waals surface area (Å²) < 4.78 is 0. The van der Waals surface area contributed by atoms with E-state index in [1.54, 1.807) is 0 Å². The van der Waals surface area contributed by atoms with Gasteiger partial charge in [0.1, 0.15) is 0 Å². The summed E-state index contributed by atoms with van der Waals surface area (Å²) in [5.74, 6) is -0.732. The van der Waals surface area contributed by atoms with E-state index in [1.807, 2.05) is 0 Å². The maximum Gasteiger partial charge on any atom is 0.303 e. The second-order valence-corrected chi connectivity index (χ2v) is 4.46. The first-order valence-corrected chi connectivity index (χ1v) is 5.77. The maximum atomic E-state index is 10.2. The van der Waals surface area contributed by atoms with Crippen LogP contribution in [0.15, 0.2) is 0 Å². The molecule has 4 nitrogen and oxygen atoms in total. The summed E-state index contributed by atoms with van der Waals surface area (Å²) in [4.78, 5) is 10.2. The number of unbranched alkanes of at least 4 members (excludes halogenated alkanes) is 1. The molecule has 0 bridgehead atoms. The van der Waals surface area contributed by atoms with Gasteiger partial charge in [0, 0.05) is 13.0 Å². The Morgan fingerprint density at radius 3 is 2.53 bits per heavy atom. The van der Waals surface area contributed by atoms with Crippen molar-refractivity contribution in [3.8, 4) is 0 Å². The third-order valence-corrected chi connectivity index (χ3v) is 2.98. The first-order valence-electron chi connectivity index (χ1n) is 5.77. The molecule has 0 saturated heterocycles. The molecule has 1 rings (SSSR count). The minimum atomic E-state index is -0.732. The fourth-order valence-electron chi connectivity index (χ4n) is 2.06. The second kappa shape index (κ2) is 6.08. The molecule has 3 N–H and O–H groups in total. The number of hydrogen-bond donors (Lipinski definition) is 3. The third-order valence-electron chi connectivity index (χ3n) is 2.98. The molecule has 1 saturated carbocycles. The van der Waals surface area contributed by atoms with Gasteiger partial charge < -0.3 is 15.5 Å². The van der Waals surface area contributed by atoms with E-state index in [4.69, 9.17) is 5.11 Å². The van der Waals surface area contributed by atoms with Gasteiger partial charge in [0.25, 0.3) is 0 Å². The zero-order valence-corrected chi connectivity index (χ0v) is 9.17. The average Bonchev–Trinajstić information content (AvgIpc) is 2.58. The van der Waals surface area contributed by atoms with Gasteiger partial charge in [0.05, 0.1) is 5.60 Å². The van der Waals surface area contributed by atoms with Crippen LogP contribution in [0.3, 0.4) is 0 Å². The van der Waals surface area contributed by atoms with Crippen LogP contribution in [0.25, 0.3) is 0 Å². The first kappa shape index (κ1) is 12.5. The van der Waals surface area contributed by atoms with Crippen molar-refractivity contribution in [2.24, 2.45) is 0 Å². The zero-order valence-electron chi connectivity index (χ0n) is 9.17. The number of rotatable bonds is 7. The molecule has 15 heavy (non-hydrogen) atoms. The summed E-state index contributed by atoms with van der Waals surface area (Å²) in [5.41, 5.74) is -0.493. The van der Waals surface area contributed by atoms with Crippen LogP contribution in [0, 0.1) is 0 Å². The van der Waals surface area contributed by atoms with Gasteiger partial charge in [0.15, 0.2) is 0 Å². The lowest BCUT2D eigenvalue weighted by molar-refractivity contribution is -0.137. The van der Waals surface area contributed by atoms with Gasteiger partial charge in [-0.25, -0.2) is 0 Å². The summed E-state index contributed by atoms with van der Waals surface area (Å²) in [6.07, 6.45) is 5.85. The lowest BCUT2D eigenvalue weighted by atomic mass is 10.0. The summed E-state index contributed by atoms with van der Waals surface area (Å²) in [6, 6.07) is 0. The van der Waals surface area contributed by atoms with Crippen LogP contribution in [0.5, 0.6) is 0 Å². The molecular formula is C11H21NO3. The fourth-order valence-corrected chi connectivity index (χ4v) is 2.06. The number of carboxylic acids is 1. The quantitative estimate of drug-likeness (QED) is 0.557. The Morgan fingerprint density at radius 1 is 1.27 bits per heavy atom. The van der Waals surface area contributed by atoms with Gasteiger partial charge in [-0.15, -0.1) is 0 Å². The predicted octanol–water partition coefficient (Wildman–Crippen LogP) is 1.14. The highest BCUT2D eigenvalue weighted by atomic mass is 16.4. The molecule has 0 aliphatic heterocycles. The van der Waals surface area contributed by atoms with Gasteiger partial charge in [-0.1, -0.05) is 12.8 Å². The molecule has 1 aliphatic carbocycles. The van der Waals surface area contributed by atoms with Crippen molar-refractivity contribution in [2.75, 3.05) is 13.1 Å². The van der Waals surface area contributed by atoms with E-state index >= 15 is 0 Å². The average molecular weight is 215 g/mol. The molecule has 0 heterocycles. The molecule has 0 radical (unpaired) electrons. The van der Waals surface area contributed by atoms with Crippen LogP contribution < -0.4 is 5.32 Å². The monoisotopic (exact) mass is 215 g/mol. The van der Waals surface area contributed by atoms with E-state index in [1.165, 1.54) is 0 Å². The number of carbonyl (C=O) groups is 1. The Hall–Kier alpha value is -0.610. The molecule has 4 heteroatoms. The molecule has 0 unspecified atom stereocenters. The van der Waals surface area contributed by atoms with Crippen molar-refractivity contribution < 1.29 is 15.0 Å². The Bertz CT molecular complexity index is 200. The Morgan fingerprint density at radius 2 is 1.93 bits per heavy atom. The van der Waals surface area contributed by atoms with Crippen LogP contribution >= 0.6 is 0 Å². The summed E-state index contributed by atoms with van der Waals surface area (Å²) in [5, 5.41) is 21.6. The lowest BCUT2D eigenvalue weighted by Crippen LogP contribution is -2.38. The maximum absolute atomic E-state index is 10.2. The fraction of sp³-hybridized carbons (Fsp3) is 0.909. The minimum absolute atomic E-state index is 0.242. The first-order chi connectivity index (χ1) is 7.12. The van der Waals surface area contributed by atoms with Crippen LogP contribution in [0.2, 0.25) is 0 Å². The van der Waals surface area contributed by atoms with Gasteiger partial charge >= 0.3 is 5.97 Å². The highest BCUT2D eigenvalue weighted by Crippen LogP contribution is 2.28. The van der Waals surface area contributed by atoms with E-state index in [0.717, 1.165) is 38.6 Å². The molecular weight excluding hydrogens is 194 g/mol. The number of hydrogen-bond acceptors (Lipinski definition) is 3. The molecule has 0 aromatic carbocycles. The highest BCUT2D eigenvalue weighted by Gasteiger charge is 2.30.